The predicted octanol–water partition coefficient (Wildman–Crippen LogP) is 1.74. The second kappa shape index (κ2) is 4.10. The molecule has 3 heteroatoms. The quantitative estimate of drug-likeness (QED) is 0.810. The Morgan fingerprint density at radius 3 is 3.00 bits per heavy atom. The van der Waals surface area contributed by atoms with Crippen molar-refractivity contribution < 1.29 is 9.90 Å². The van der Waals surface area contributed by atoms with Crippen LogP contribution < -0.4 is 5.73 Å². The number of carbonyl (C=O) groups is 1. The van der Waals surface area contributed by atoms with Gasteiger partial charge in [0.25, 0.3) is 0 Å². The van der Waals surface area contributed by atoms with Crippen molar-refractivity contribution in [3.05, 3.63) is 41.0 Å². The molecule has 1 aromatic carbocycles. The molecule has 0 aromatic heterocycles. The van der Waals surface area contributed by atoms with Crippen molar-refractivity contribution in [1.29, 1.82) is 0 Å². The number of hydrogen-bond acceptors (Lipinski definition) is 2. The van der Waals surface area contributed by atoms with E-state index in [1.165, 1.54) is 11.1 Å². The average molecular weight is 217 g/mol. The van der Waals surface area contributed by atoms with Crippen molar-refractivity contribution in [2.24, 2.45) is 5.73 Å². The molecule has 1 aliphatic carbocycles. The maximum absolute atomic E-state index is 10.7. The Kier molecular flexibility index (Phi) is 2.79. The molecule has 2 rings (SSSR count). The number of benzene rings is 1. The third-order valence-electron chi connectivity index (χ3n) is 2.94. The van der Waals surface area contributed by atoms with E-state index < -0.39 is 12.0 Å². The fourth-order valence-corrected chi connectivity index (χ4v) is 2.03. The van der Waals surface area contributed by atoms with Crippen molar-refractivity contribution >= 4 is 11.5 Å². The molecule has 1 aromatic rings. The molecule has 0 radical (unpaired) electrons. The summed E-state index contributed by atoms with van der Waals surface area (Å²) in [5.74, 6) is -0.943. The summed E-state index contributed by atoms with van der Waals surface area (Å²) in [7, 11) is 0. The molecule has 16 heavy (non-hydrogen) atoms. The highest BCUT2D eigenvalue weighted by Gasteiger charge is 2.19. The number of carboxylic acids is 1. The minimum atomic E-state index is -0.943. The molecule has 0 heterocycles. The average Bonchev–Trinajstić information content (AvgIpc) is 2.61. The predicted molar refractivity (Wildman–Crippen MR) is 63.1 cm³/mol. The minimum absolute atomic E-state index is 0.409. The second-order valence-electron chi connectivity index (χ2n) is 4.24. The SMILES string of the molecule is Cc1ccc2c(c1)C(CC(N)C(=O)O)=CC2. The van der Waals surface area contributed by atoms with Crippen LogP contribution in [0.4, 0.5) is 0 Å². The maximum Gasteiger partial charge on any atom is 0.320 e. The van der Waals surface area contributed by atoms with E-state index in [1.54, 1.807) is 0 Å². The Labute approximate surface area is 94.6 Å². The normalized spacial score (nSPS) is 15.5. The third kappa shape index (κ3) is 1.99. The fourth-order valence-electron chi connectivity index (χ4n) is 2.03. The lowest BCUT2D eigenvalue weighted by molar-refractivity contribution is -0.138. The molecule has 0 saturated carbocycles. The van der Waals surface area contributed by atoms with Crippen LogP contribution in [-0.2, 0) is 11.2 Å². The van der Waals surface area contributed by atoms with Gasteiger partial charge in [0.15, 0.2) is 0 Å². The van der Waals surface area contributed by atoms with Gasteiger partial charge >= 0.3 is 5.97 Å². The Bertz CT molecular complexity index is 463. The van der Waals surface area contributed by atoms with Gasteiger partial charge in [0.2, 0.25) is 0 Å². The number of aliphatic carboxylic acids is 1. The lowest BCUT2D eigenvalue weighted by atomic mass is 9.98. The number of carboxylic acid groups (broad SMARTS) is 1. The summed E-state index contributed by atoms with van der Waals surface area (Å²) in [5.41, 5.74) is 10.2. The van der Waals surface area contributed by atoms with Crippen LogP contribution in [0.2, 0.25) is 0 Å². The molecular weight excluding hydrogens is 202 g/mol. The number of hydrogen-bond donors (Lipinski definition) is 2. The minimum Gasteiger partial charge on any atom is -0.480 e. The molecule has 0 bridgehead atoms. The van der Waals surface area contributed by atoms with Crippen molar-refractivity contribution in [2.45, 2.75) is 25.8 Å². The van der Waals surface area contributed by atoms with E-state index in [9.17, 15) is 4.79 Å². The van der Waals surface area contributed by atoms with Gasteiger partial charge in [-0.05, 0) is 36.5 Å². The number of nitrogens with two attached hydrogens (primary N) is 1. The van der Waals surface area contributed by atoms with Gasteiger partial charge in [-0.1, -0.05) is 29.8 Å². The number of allylic oxidation sites excluding steroid dienone is 1. The zero-order valence-electron chi connectivity index (χ0n) is 9.23. The Hall–Kier alpha value is -1.61. The standard InChI is InChI=1S/C13H15NO2/c1-8-2-3-9-4-5-10(11(9)6-8)7-12(14)13(15)16/h2-3,5-6,12H,4,7,14H2,1H3,(H,15,16). The van der Waals surface area contributed by atoms with Crippen LogP contribution in [0.15, 0.2) is 24.3 Å². The van der Waals surface area contributed by atoms with Crippen molar-refractivity contribution in [3.63, 3.8) is 0 Å². The first-order valence-corrected chi connectivity index (χ1v) is 5.35. The van der Waals surface area contributed by atoms with Crippen LogP contribution in [0.3, 0.4) is 0 Å². The zero-order valence-corrected chi connectivity index (χ0v) is 9.23. The lowest BCUT2D eigenvalue weighted by Gasteiger charge is -2.10. The number of rotatable bonds is 3. The van der Waals surface area contributed by atoms with E-state index >= 15 is 0 Å². The van der Waals surface area contributed by atoms with Crippen LogP contribution in [0.1, 0.15) is 23.1 Å². The Balaban J connectivity index is 2.22. The van der Waals surface area contributed by atoms with Gasteiger partial charge in [-0.25, -0.2) is 0 Å². The highest BCUT2D eigenvalue weighted by Crippen LogP contribution is 2.31. The van der Waals surface area contributed by atoms with Crippen molar-refractivity contribution in [3.8, 4) is 0 Å². The van der Waals surface area contributed by atoms with Gasteiger partial charge < -0.3 is 10.8 Å². The molecule has 3 nitrogen and oxygen atoms in total. The highest BCUT2D eigenvalue weighted by atomic mass is 16.4. The number of aryl methyl sites for hydroxylation is 1. The molecule has 0 spiro atoms. The Morgan fingerprint density at radius 1 is 1.56 bits per heavy atom. The van der Waals surface area contributed by atoms with E-state index in [2.05, 4.69) is 24.3 Å². The maximum atomic E-state index is 10.7. The first kappa shape index (κ1) is 10.9. The lowest BCUT2D eigenvalue weighted by Crippen LogP contribution is -2.30. The van der Waals surface area contributed by atoms with Gasteiger partial charge in [0.1, 0.15) is 6.04 Å². The largest absolute Gasteiger partial charge is 0.480 e. The van der Waals surface area contributed by atoms with Crippen LogP contribution in [0.25, 0.3) is 5.57 Å². The molecule has 84 valence electrons. The third-order valence-corrected chi connectivity index (χ3v) is 2.94. The van der Waals surface area contributed by atoms with E-state index in [1.807, 2.05) is 6.92 Å². The van der Waals surface area contributed by atoms with Crippen LogP contribution in [0.5, 0.6) is 0 Å². The monoisotopic (exact) mass is 217 g/mol. The van der Waals surface area contributed by atoms with Gasteiger partial charge in [-0.3, -0.25) is 4.79 Å². The summed E-state index contributed by atoms with van der Waals surface area (Å²) >= 11 is 0. The zero-order chi connectivity index (χ0) is 11.7. The van der Waals surface area contributed by atoms with Crippen LogP contribution in [0, 0.1) is 6.92 Å². The van der Waals surface area contributed by atoms with Gasteiger partial charge in [0, 0.05) is 0 Å². The molecule has 0 aliphatic heterocycles. The van der Waals surface area contributed by atoms with Crippen LogP contribution >= 0.6 is 0 Å². The summed E-state index contributed by atoms with van der Waals surface area (Å²) in [6, 6.07) is 5.47. The summed E-state index contributed by atoms with van der Waals surface area (Å²) < 4.78 is 0. The van der Waals surface area contributed by atoms with Crippen molar-refractivity contribution in [2.75, 3.05) is 0 Å². The van der Waals surface area contributed by atoms with Gasteiger partial charge in [-0.2, -0.15) is 0 Å². The fraction of sp³-hybridized carbons (Fsp3) is 0.308. The topological polar surface area (TPSA) is 63.3 Å². The van der Waals surface area contributed by atoms with Crippen molar-refractivity contribution in [1.82, 2.24) is 0 Å². The summed E-state index contributed by atoms with van der Waals surface area (Å²) in [6.45, 7) is 2.04. The van der Waals surface area contributed by atoms with E-state index in [4.69, 9.17) is 10.8 Å². The molecule has 0 fully saturated rings. The molecule has 0 saturated heterocycles. The van der Waals surface area contributed by atoms with Gasteiger partial charge in [-0.15, -0.1) is 0 Å². The molecule has 1 atom stereocenters. The smallest absolute Gasteiger partial charge is 0.320 e. The summed E-state index contributed by atoms with van der Waals surface area (Å²) in [5, 5.41) is 8.79. The highest BCUT2D eigenvalue weighted by molar-refractivity contribution is 5.80. The van der Waals surface area contributed by atoms with E-state index in [0.717, 1.165) is 17.6 Å². The van der Waals surface area contributed by atoms with E-state index in [0.29, 0.717) is 6.42 Å². The molecular formula is C13H15NO2. The first-order chi connectivity index (χ1) is 7.58. The molecule has 3 N–H and O–H groups in total. The summed E-state index contributed by atoms with van der Waals surface area (Å²) in [6.07, 6.45) is 3.37. The molecule has 1 unspecified atom stereocenters. The second-order valence-corrected chi connectivity index (χ2v) is 4.24. The number of fused-ring (bicyclic) bond motifs is 1. The molecule has 0 amide bonds. The summed E-state index contributed by atoms with van der Waals surface area (Å²) in [4.78, 5) is 10.7. The van der Waals surface area contributed by atoms with Gasteiger partial charge in [0.05, 0.1) is 0 Å². The van der Waals surface area contributed by atoms with E-state index in [-0.39, 0.29) is 0 Å². The Morgan fingerprint density at radius 2 is 2.31 bits per heavy atom. The first-order valence-electron chi connectivity index (χ1n) is 5.35. The molecule has 1 aliphatic rings. The van der Waals surface area contributed by atoms with Crippen LogP contribution in [-0.4, -0.2) is 17.1 Å².